The molecule has 0 radical (unpaired) electrons. The number of carbonyl (C=O) groups is 1. The number of nitrogens with one attached hydrogen (secondary N) is 2. The van der Waals surface area contributed by atoms with Crippen molar-refractivity contribution in [3.8, 4) is 10.6 Å². The Morgan fingerprint density at radius 1 is 1.43 bits per heavy atom. The number of benzene rings is 1. The van der Waals surface area contributed by atoms with Crippen LogP contribution >= 0.6 is 11.3 Å². The van der Waals surface area contributed by atoms with Gasteiger partial charge in [0.25, 0.3) is 5.91 Å². The third-order valence-corrected chi connectivity index (χ3v) is 4.50. The smallest absolute Gasteiger partial charge is 0.263 e. The molecule has 1 aliphatic rings. The van der Waals surface area contributed by atoms with E-state index < -0.39 is 0 Å². The van der Waals surface area contributed by atoms with Gasteiger partial charge in [-0.05, 0) is 31.5 Å². The maximum absolute atomic E-state index is 13.7. The molecule has 0 aliphatic carbocycles. The highest BCUT2D eigenvalue weighted by molar-refractivity contribution is 7.16. The number of hydrogen-bond acceptors (Lipinski definition) is 4. The number of nitrogens with zero attached hydrogens (tertiary/aromatic N) is 1. The molecule has 1 fully saturated rings. The van der Waals surface area contributed by atoms with Crippen molar-refractivity contribution >= 4 is 17.2 Å². The predicted molar refractivity (Wildman–Crippen MR) is 80.9 cm³/mol. The van der Waals surface area contributed by atoms with Crippen molar-refractivity contribution in [3.63, 3.8) is 0 Å². The van der Waals surface area contributed by atoms with Crippen LogP contribution in [0.2, 0.25) is 0 Å². The number of rotatable bonds is 3. The van der Waals surface area contributed by atoms with E-state index in [0.717, 1.165) is 25.9 Å². The molecule has 4 nitrogen and oxygen atoms in total. The molecule has 0 spiro atoms. The molecule has 0 unspecified atom stereocenters. The van der Waals surface area contributed by atoms with Crippen molar-refractivity contribution in [1.29, 1.82) is 0 Å². The van der Waals surface area contributed by atoms with Crippen LogP contribution in [0.1, 0.15) is 22.5 Å². The second-order valence-corrected chi connectivity index (χ2v) is 6.06. The first-order valence-corrected chi connectivity index (χ1v) is 7.78. The van der Waals surface area contributed by atoms with E-state index >= 15 is 0 Å². The van der Waals surface area contributed by atoms with Gasteiger partial charge in [-0.1, -0.05) is 12.1 Å². The lowest BCUT2D eigenvalue weighted by molar-refractivity contribution is 0.0934. The first-order valence-electron chi connectivity index (χ1n) is 6.96. The van der Waals surface area contributed by atoms with Crippen molar-refractivity contribution in [1.82, 2.24) is 15.6 Å². The third kappa shape index (κ3) is 3.28. The largest absolute Gasteiger partial charge is 0.347 e. The molecule has 2 aromatic rings. The van der Waals surface area contributed by atoms with Crippen molar-refractivity contribution in [2.45, 2.75) is 18.9 Å². The second kappa shape index (κ2) is 6.32. The molecule has 0 saturated carbocycles. The summed E-state index contributed by atoms with van der Waals surface area (Å²) in [5.41, 5.74) is 0.431. The molecular formula is C15H16FN3OS. The quantitative estimate of drug-likeness (QED) is 0.916. The van der Waals surface area contributed by atoms with Crippen LogP contribution in [0.5, 0.6) is 0 Å². The Hall–Kier alpha value is -1.79. The van der Waals surface area contributed by atoms with E-state index in [-0.39, 0.29) is 17.8 Å². The standard InChI is InChI=1S/C15H16FN3OS/c16-12-6-2-1-5-11(12)15-18-9-13(21-15)14(20)19-10-4-3-7-17-8-10/h1-2,5-6,9-10,17H,3-4,7-8H2,(H,19,20)/t10-/m0/s1. The summed E-state index contributed by atoms with van der Waals surface area (Å²) in [5.74, 6) is -0.459. The van der Waals surface area contributed by atoms with Gasteiger partial charge in [-0.2, -0.15) is 0 Å². The van der Waals surface area contributed by atoms with Crippen molar-refractivity contribution in [3.05, 3.63) is 41.2 Å². The summed E-state index contributed by atoms with van der Waals surface area (Å²) in [6.45, 7) is 1.80. The van der Waals surface area contributed by atoms with Gasteiger partial charge in [0.15, 0.2) is 0 Å². The summed E-state index contributed by atoms with van der Waals surface area (Å²) in [6.07, 6.45) is 3.56. The van der Waals surface area contributed by atoms with E-state index in [1.165, 1.54) is 23.6 Å². The van der Waals surface area contributed by atoms with Gasteiger partial charge in [0.05, 0.1) is 6.20 Å². The fourth-order valence-corrected chi connectivity index (χ4v) is 3.22. The zero-order valence-electron chi connectivity index (χ0n) is 11.4. The van der Waals surface area contributed by atoms with E-state index in [0.29, 0.717) is 15.4 Å². The Kier molecular flexibility index (Phi) is 4.26. The monoisotopic (exact) mass is 305 g/mol. The second-order valence-electron chi connectivity index (χ2n) is 5.03. The van der Waals surface area contributed by atoms with Gasteiger partial charge in [-0.25, -0.2) is 9.37 Å². The Balaban J connectivity index is 1.72. The van der Waals surface area contributed by atoms with E-state index in [1.807, 2.05) is 0 Å². The lowest BCUT2D eigenvalue weighted by Gasteiger charge is -2.23. The molecule has 1 aliphatic heterocycles. The molecule has 3 rings (SSSR count). The zero-order valence-corrected chi connectivity index (χ0v) is 12.3. The van der Waals surface area contributed by atoms with Gasteiger partial charge in [0.1, 0.15) is 15.7 Å². The minimum atomic E-state index is -0.324. The Morgan fingerprint density at radius 3 is 3.05 bits per heavy atom. The summed E-state index contributed by atoms with van der Waals surface area (Å²) < 4.78 is 13.7. The zero-order chi connectivity index (χ0) is 14.7. The SMILES string of the molecule is O=C(N[C@H]1CCCNC1)c1cnc(-c2ccccc2F)s1. The highest BCUT2D eigenvalue weighted by Gasteiger charge is 2.18. The Labute approximate surface area is 126 Å². The first-order chi connectivity index (χ1) is 10.2. The molecule has 2 N–H and O–H groups in total. The average molecular weight is 305 g/mol. The van der Waals surface area contributed by atoms with Crippen LogP contribution in [0.4, 0.5) is 4.39 Å². The molecule has 1 saturated heterocycles. The Bertz CT molecular complexity index is 637. The topological polar surface area (TPSA) is 54.0 Å². The highest BCUT2D eigenvalue weighted by Crippen LogP contribution is 2.27. The third-order valence-electron chi connectivity index (χ3n) is 3.47. The van der Waals surface area contributed by atoms with Crippen molar-refractivity contribution in [2.75, 3.05) is 13.1 Å². The van der Waals surface area contributed by atoms with Crippen LogP contribution in [-0.2, 0) is 0 Å². The number of carbonyl (C=O) groups excluding carboxylic acids is 1. The van der Waals surface area contributed by atoms with Crippen molar-refractivity contribution < 1.29 is 9.18 Å². The molecule has 6 heteroatoms. The molecule has 110 valence electrons. The lowest BCUT2D eigenvalue weighted by atomic mass is 10.1. The van der Waals surface area contributed by atoms with Gasteiger partial charge in [0.2, 0.25) is 0 Å². The van der Waals surface area contributed by atoms with Gasteiger partial charge in [-0.3, -0.25) is 4.79 Å². The van der Waals surface area contributed by atoms with Gasteiger partial charge < -0.3 is 10.6 Å². The van der Waals surface area contributed by atoms with Gasteiger partial charge in [0, 0.05) is 18.2 Å². The number of halogens is 1. The summed E-state index contributed by atoms with van der Waals surface area (Å²) in [7, 11) is 0. The normalized spacial score (nSPS) is 18.4. The summed E-state index contributed by atoms with van der Waals surface area (Å²) in [6, 6.07) is 6.61. The Morgan fingerprint density at radius 2 is 2.29 bits per heavy atom. The van der Waals surface area contributed by atoms with E-state index in [4.69, 9.17) is 0 Å². The maximum atomic E-state index is 13.7. The molecule has 1 aromatic heterocycles. The number of aromatic nitrogens is 1. The van der Waals surface area contributed by atoms with Gasteiger partial charge >= 0.3 is 0 Å². The lowest BCUT2D eigenvalue weighted by Crippen LogP contribution is -2.45. The fourth-order valence-electron chi connectivity index (χ4n) is 2.37. The molecule has 1 atom stereocenters. The summed E-state index contributed by atoms with van der Waals surface area (Å²) in [5, 5.41) is 6.77. The predicted octanol–water partition coefficient (Wildman–Crippen LogP) is 2.43. The number of thiazole rings is 1. The van der Waals surface area contributed by atoms with Crippen LogP contribution in [0.15, 0.2) is 30.5 Å². The van der Waals surface area contributed by atoms with Crippen LogP contribution in [0.3, 0.4) is 0 Å². The molecule has 1 aromatic carbocycles. The van der Waals surface area contributed by atoms with E-state index in [9.17, 15) is 9.18 Å². The number of hydrogen-bond donors (Lipinski definition) is 2. The molecule has 0 bridgehead atoms. The van der Waals surface area contributed by atoms with Crippen LogP contribution in [0.25, 0.3) is 10.6 Å². The minimum absolute atomic E-state index is 0.135. The first kappa shape index (κ1) is 14.2. The fraction of sp³-hybridized carbons (Fsp3) is 0.333. The van der Waals surface area contributed by atoms with Crippen LogP contribution < -0.4 is 10.6 Å². The highest BCUT2D eigenvalue weighted by atomic mass is 32.1. The van der Waals surface area contributed by atoms with Gasteiger partial charge in [-0.15, -0.1) is 11.3 Å². The van der Waals surface area contributed by atoms with Crippen LogP contribution in [0, 0.1) is 5.82 Å². The average Bonchev–Trinajstić information content (AvgIpc) is 2.98. The van der Waals surface area contributed by atoms with E-state index in [2.05, 4.69) is 15.6 Å². The van der Waals surface area contributed by atoms with Crippen LogP contribution in [-0.4, -0.2) is 30.0 Å². The summed E-state index contributed by atoms with van der Waals surface area (Å²) >= 11 is 1.21. The number of piperidine rings is 1. The molecular weight excluding hydrogens is 289 g/mol. The summed E-state index contributed by atoms with van der Waals surface area (Å²) in [4.78, 5) is 16.9. The van der Waals surface area contributed by atoms with Crippen molar-refractivity contribution in [2.24, 2.45) is 0 Å². The number of amides is 1. The molecule has 1 amide bonds. The van der Waals surface area contributed by atoms with E-state index in [1.54, 1.807) is 18.2 Å². The molecule has 21 heavy (non-hydrogen) atoms. The molecule has 2 heterocycles. The minimum Gasteiger partial charge on any atom is -0.347 e. The maximum Gasteiger partial charge on any atom is 0.263 e.